The fraction of sp³-hybridized carbons (Fsp3) is 0.333. The van der Waals surface area contributed by atoms with E-state index in [1.54, 1.807) is 18.2 Å². The van der Waals surface area contributed by atoms with Gasteiger partial charge in [0.05, 0.1) is 17.8 Å². The largest absolute Gasteiger partial charge is 0.478 e. The van der Waals surface area contributed by atoms with Crippen LogP contribution in [0.2, 0.25) is 0 Å². The number of hydrogen-bond acceptors (Lipinski definition) is 3. The summed E-state index contributed by atoms with van der Waals surface area (Å²) in [4.78, 5) is 22.4. The number of hydrogen-bond donors (Lipinski definition) is 3. The monoisotopic (exact) mass is 236 g/mol. The van der Waals surface area contributed by atoms with E-state index >= 15 is 0 Å². The van der Waals surface area contributed by atoms with Crippen LogP contribution >= 0.6 is 0 Å². The summed E-state index contributed by atoms with van der Waals surface area (Å²) in [6.45, 7) is 4.02. The molecular formula is C12H16N2O3. The minimum absolute atomic E-state index is 0.0883. The van der Waals surface area contributed by atoms with Gasteiger partial charge in [0.2, 0.25) is 5.91 Å². The van der Waals surface area contributed by atoms with Crippen molar-refractivity contribution in [2.24, 2.45) is 0 Å². The van der Waals surface area contributed by atoms with Crippen molar-refractivity contribution < 1.29 is 14.7 Å². The minimum Gasteiger partial charge on any atom is -0.478 e. The summed E-state index contributed by atoms with van der Waals surface area (Å²) < 4.78 is 0. The van der Waals surface area contributed by atoms with E-state index in [0.29, 0.717) is 5.69 Å². The summed E-state index contributed by atoms with van der Waals surface area (Å²) in [5.41, 5.74) is 0.404. The number of rotatable bonds is 5. The third kappa shape index (κ3) is 4.24. The van der Waals surface area contributed by atoms with E-state index < -0.39 is 5.97 Å². The van der Waals surface area contributed by atoms with Crippen molar-refractivity contribution >= 4 is 17.6 Å². The number of benzene rings is 1. The number of nitrogens with one attached hydrogen (secondary N) is 2. The highest BCUT2D eigenvalue weighted by molar-refractivity contribution is 6.01. The van der Waals surface area contributed by atoms with Crippen molar-refractivity contribution in [3.8, 4) is 0 Å². The maximum atomic E-state index is 11.5. The molecule has 1 amide bonds. The number of aromatic carboxylic acids is 1. The van der Waals surface area contributed by atoms with Gasteiger partial charge in [-0.3, -0.25) is 4.79 Å². The summed E-state index contributed by atoms with van der Waals surface area (Å²) in [5.74, 6) is -1.31. The molecule has 0 saturated carbocycles. The smallest absolute Gasteiger partial charge is 0.337 e. The van der Waals surface area contributed by atoms with Crippen molar-refractivity contribution in [2.75, 3.05) is 11.9 Å². The molecule has 0 spiro atoms. The van der Waals surface area contributed by atoms with E-state index in [0.717, 1.165) is 0 Å². The molecule has 5 heteroatoms. The SMILES string of the molecule is CC(C)NCC(=O)Nc1ccccc1C(=O)O. The molecule has 0 heterocycles. The van der Waals surface area contributed by atoms with Crippen LogP contribution in [-0.2, 0) is 4.79 Å². The van der Waals surface area contributed by atoms with E-state index in [-0.39, 0.29) is 24.1 Å². The first-order chi connectivity index (χ1) is 8.00. The predicted octanol–water partition coefficient (Wildman–Crippen LogP) is 1.32. The van der Waals surface area contributed by atoms with E-state index in [2.05, 4.69) is 10.6 Å². The topological polar surface area (TPSA) is 78.4 Å². The molecule has 17 heavy (non-hydrogen) atoms. The number of carbonyl (C=O) groups excluding carboxylic acids is 1. The van der Waals surface area contributed by atoms with E-state index in [1.807, 2.05) is 13.8 Å². The van der Waals surface area contributed by atoms with Crippen molar-refractivity contribution in [3.05, 3.63) is 29.8 Å². The highest BCUT2D eigenvalue weighted by Crippen LogP contribution is 2.14. The van der Waals surface area contributed by atoms with Crippen molar-refractivity contribution in [1.29, 1.82) is 0 Å². The average molecular weight is 236 g/mol. The molecule has 0 bridgehead atoms. The Morgan fingerprint density at radius 3 is 2.53 bits per heavy atom. The van der Waals surface area contributed by atoms with Crippen molar-refractivity contribution in [1.82, 2.24) is 5.32 Å². The van der Waals surface area contributed by atoms with Gasteiger partial charge in [0.25, 0.3) is 0 Å². The van der Waals surface area contributed by atoms with Crippen LogP contribution in [0.3, 0.4) is 0 Å². The highest BCUT2D eigenvalue weighted by Gasteiger charge is 2.11. The molecule has 0 aliphatic rings. The fourth-order valence-corrected chi connectivity index (χ4v) is 1.27. The van der Waals surface area contributed by atoms with Crippen molar-refractivity contribution in [3.63, 3.8) is 0 Å². The summed E-state index contributed by atoms with van der Waals surface area (Å²) in [5, 5.41) is 14.4. The van der Waals surface area contributed by atoms with Crippen LogP contribution in [0.1, 0.15) is 24.2 Å². The Bertz CT molecular complexity index is 416. The number of anilines is 1. The van der Waals surface area contributed by atoms with Gasteiger partial charge in [0.15, 0.2) is 0 Å². The lowest BCUT2D eigenvalue weighted by molar-refractivity contribution is -0.115. The lowest BCUT2D eigenvalue weighted by Crippen LogP contribution is -2.32. The molecule has 0 radical (unpaired) electrons. The van der Waals surface area contributed by atoms with Crippen LogP contribution in [0.4, 0.5) is 5.69 Å². The first-order valence-electron chi connectivity index (χ1n) is 5.36. The van der Waals surface area contributed by atoms with Crippen molar-refractivity contribution in [2.45, 2.75) is 19.9 Å². The van der Waals surface area contributed by atoms with Crippen LogP contribution in [0, 0.1) is 0 Å². The van der Waals surface area contributed by atoms with Crippen LogP contribution in [0.5, 0.6) is 0 Å². The first-order valence-corrected chi connectivity index (χ1v) is 5.36. The lowest BCUT2D eigenvalue weighted by Gasteiger charge is -2.10. The van der Waals surface area contributed by atoms with Gasteiger partial charge in [-0.1, -0.05) is 26.0 Å². The zero-order valence-electron chi connectivity index (χ0n) is 9.86. The second kappa shape index (κ2) is 6.00. The highest BCUT2D eigenvalue weighted by atomic mass is 16.4. The molecule has 1 rings (SSSR count). The first kappa shape index (κ1) is 13.2. The number of para-hydroxylation sites is 1. The van der Waals surface area contributed by atoms with Gasteiger partial charge >= 0.3 is 5.97 Å². The molecule has 1 aromatic carbocycles. The van der Waals surface area contributed by atoms with E-state index in [1.165, 1.54) is 6.07 Å². The molecule has 0 fully saturated rings. The minimum atomic E-state index is -1.06. The molecule has 3 N–H and O–H groups in total. The molecule has 0 saturated heterocycles. The molecule has 0 atom stereocenters. The molecule has 92 valence electrons. The van der Waals surface area contributed by atoms with Crippen LogP contribution in [0.25, 0.3) is 0 Å². The normalized spacial score (nSPS) is 10.3. The van der Waals surface area contributed by atoms with Gasteiger partial charge in [0.1, 0.15) is 0 Å². The third-order valence-electron chi connectivity index (χ3n) is 2.10. The Kier molecular flexibility index (Phi) is 4.66. The van der Waals surface area contributed by atoms with Gasteiger partial charge in [0, 0.05) is 6.04 Å². The molecule has 0 aliphatic heterocycles. The summed E-state index contributed by atoms with van der Waals surface area (Å²) in [6, 6.07) is 6.52. The zero-order chi connectivity index (χ0) is 12.8. The summed E-state index contributed by atoms with van der Waals surface area (Å²) in [7, 11) is 0. The summed E-state index contributed by atoms with van der Waals surface area (Å²) in [6.07, 6.45) is 0. The number of amides is 1. The third-order valence-corrected chi connectivity index (χ3v) is 2.10. The van der Waals surface area contributed by atoms with Crippen LogP contribution in [-0.4, -0.2) is 29.6 Å². The molecule has 0 aromatic heterocycles. The number of carbonyl (C=O) groups is 2. The second-order valence-electron chi connectivity index (χ2n) is 3.93. The maximum Gasteiger partial charge on any atom is 0.337 e. The van der Waals surface area contributed by atoms with Gasteiger partial charge in [-0.2, -0.15) is 0 Å². The fourth-order valence-electron chi connectivity index (χ4n) is 1.27. The lowest BCUT2D eigenvalue weighted by atomic mass is 10.2. The Hall–Kier alpha value is -1.88. The van der Waals surface area contributed by atoms with Gasteiger partial charge in [-0.05, 0) is 12.1 Å². The molecule has 1 aromatic rings. The molecule has 5 nitrogen and oxygen atoms in total. The van der Waals surface area contributed by atoms with Crippen LogP contribution in [0.15, 0.2) is 24.3 Å². The van der Waals surface area contributed by atoms with E-state index in [9.17, 15) is 9.59 Å². The van der Waals surface area contributed by atoms with Crippen LogP contribution < -0.4 is 10.6 Å². The number of carboxylic acid groups (broad SMARTS) is 1. The Balaban J connectivity index is 2.68. The average Bonchev–Trinajstić information content (AvgIpc) is 2.27. The maximum absolute atomic E-state index is 11.5. The summed E-state index contributed by atoms with van der Waals surface area (Å²) >= 11 is 0. The Morgan fingerprint density at radius 1 is 1.29 bits per heavy atom. The molecule has 0 unspecified atom stereocenters. The van der Waals surface area contributed by atoms with Gasteiger partial charge in [-0.15, -0.1) is 0 Å². The van der Waals surface area contributed by atoms with Gasteiger partial charge in [-0.25, -0.2) is 4.79 Å². The molecular weight excluding hydrogens is 220 g/mol. The second-order valence-corrected chi connectivity index (χ2v) is 3.93. The Labute approximate surface area is 99.8 Å². The van der Waals surface area contributed by atoms with Gasteiger partial charge < -0.3 is 15.7 Å². The predicted molar refractivity (Wildman–Crippen MR) is 65.2 cm³/mol. The number of carboxylic acids is 1. The molecule has 0 aliphatic carbocycles. The van der Waals surface area contributed by atoms with E-state index in [4.69, 9.17) is 5.11 Å². The zero-order valence-corrected chi connectivity index (χ0v) is 9.86. The Morgan fingerprint density at radius 2 is 1.94 bits per heavy atom. The standard InChI is InChI=1S/C12H16N2O3/c1-8(2)13-7-11(15)14-10-6-4-3-5-9(10)12(16)17/h3-6,8,13H,7H2,1-2H3,(H,14,15)(H,16,17). The quantitative estimate of drug-likeness (QED) is 0.720.